The molecular formula is C24H20N4O2S2. The molecule has 1 aromatic heterocycles. The predicted octanol–water partition coefficient (Wildman–Crippen LogP) is 5.64. The van der Waals surface area contributed by atoms with Crippen LogP contribution in [0.15, 0.2) is 83.8 Å². The molecule has 0 saturated heterocycles. The van der Waals surface area contributed by atoms with Gasteiger partial charge in [-0.2, -0.15) is 0 Å². The Morgan fingerprint density at radius 3 is 2.28 bits per heavy atom. The fraction of sp³-hybridized carbons (Fsp3) is 0.0833. The highest BCUT2D eigenvalue weighted by Gasteiger charge is 2.14. The number of amides is 2. The van der Waals surface area contributed by atoms with Crippen molar-refractivity contribution in [1.29, 1.82) is 0 Å². The van der Waals surface area contributed by atoms with Crippen molar-refractivity contribution in [3.63, 3.8) is 0 Å². The lowest BCUT2D eigenvalue weighted by Gasteiger charge is -2.10. The van der Waals surface area contributed by atoms with Gasteiger partial charge >= 0.3 is 0 Å². The third-order valence-corrected chi connectivity index (χ3v) is 6.62. The first-order valence-corrected chi connectivity index (χ1v) is 11.7. The van der Waals surface area contributed by atoms with Gasteiger partial charge < -0.3 is 5.32 Å². The fourth-order valence-electron chi connectivity index (χ4n) is 2.88. The van der Waals surface area contributed by atoms with Gasteiger partial charge in [0, 0.05) is 21.7 Å². The van der Waals surface area contributed by atoms with Gasteiger partial charge in [-0.15, -0.1) is 22.0 Å². The van der Waals surface area contributed by atoms with E-state index in [1.807, 2.05) is 43.3 Å². The number of thioether (sulfide) groups is 1. The van der Waals surface area contributed by atoms with Crippen molar-refractivity contribution in [2.45, 2.75) is 17.6 Å². The summed E-state index contributed by atoms with van der Waals surface area (Å²) < 4.78 is 0. The third-order valence-electron chi connectivity index (χ3n) is 4.58. The molecule has 1 heterocycles. The number of aromatic nitrogens is 2. The van der Waals surface area contributed by atoms with Crippen molar-refractivity contribution in [1.82, 2.24) is 10.2 Å². The number of anilines is 2. The van der Waals surface area contributed by atoms with Crippen LogP contribution in [-0.4, -0.2) is 22.0 Å². The van der Waals surface area contributed by atoms with E-state index >= 15 is 0 Å². The number of hydrogen-bond acceptors (Lipinski definition) is 6. The van der Waals surface area contributed by atoms with Crippen LogP contribution in [0.5, 0.6) is 0 Å². The predicted molar refractivity (Wildman–Crippen MR) is 129 cm³/mol. The number of rotatable bonds is 7. The molecule has 3 aromatic carbocycles. The van der Waals surface area contributed by atoms with Gasteiger partial charge in [0.15, 0.2) is 0 Å². The van der Waals surface area contributed by atoms with Crippen LogP contribution in [0.4, 0.5) is 10.8 Å². The Morgan fingerprint density at radius 2 is 1.53 bits per heavy atom. The van der Waals surface area contributed by atoms with Crippen LogP contribution in [0.3, 0.4) is 0 Å². The first kappa shape index (κ1) is 21.7. The summed E-state index contributed by atoms with van der Waals surface area (Å²) in [6.07, 6.45) is 0. The molecule has 0 atom stereocenters. The first-order valence-electron chi connectivity index (χ1n) is 9.87. The number of carbonyl (C=O) groups is 2. The number of hydrogen-bond donors (Lipinski definition) is 2. The van der Waals surface area contributed by atoms with Gasteiger partial charge in [-0.25, -0.2) is 0 Å². The molecule has 0 spiro atoms. The zero-order valence-corrected chi connectivity index (χ0v) is 18.9. The lowest BCUT2D eigenvalue weighted by atomic mass is 10.1. The molecule has 0 radical (unpaired) electrons. The van der Waals surface area contributed by atoms with Crippen molar-refractivity contribution in [2.24, 2.45) is 0 Å². The smallest absolute Gasteiger partial charge is 0.257 e. The first-order chi connectivity index (χ1) is 15.6. The van der Waals surface area contributed by atoms with Gasteiger partial charge in [0.2, 0.25) is 5.13 Å². The van der Waals surface area contributed by atoms with Gasteiger partial charge in [0.1, 0.15) is 5.01 Å². The van der Waals surface area contributed by atoms with Crippen molar-refractivity contribution in [2.75, 3.05) is 10.6 Å². The molecule has 6 nitrogen and oxygen atoms in total. The number of nitrogens with one attached hydrogen (secondary N) is 2. The Labute approximate surface area is 194 Å². The van der Waals surface area contributed by atoms with E-state index in [4.69, 9.17) is 0 Å². The monoisotopic (exact) mass is 460 g/mol. The molecule has 0 bridgehead atoms. The Balaban J connectivity index is 1.40. The van der Waals surface area contributed by atoms with Crippen molar-refractivity contribution < 1.29 is 9.59 Å². The molecule has 0 saturated carbocycles. The molecule has 4 aromatic rings. The average Bonchev–Trinajstić information content (AvgIpc) is 3.27. The molecule has 0 aliphatic rings. The van der Waals surface area contributed by atoms with Crippen LogP contribution in [0, 0.1) is 6.92 Å². The molecule has 160 valence electrons. The lowest BCUT2D eigenvalue weighted by Crippen LogP contribution is -2.15. The van der Waals surface area contributed by atoms with Gasteiger partial charge in [-0.1, -0.05) is 53.8 Å². The largest absolute Gasteiger partial charge is 0.322 e. The summed E-state index contributed by atoms with van der Waals surface area (Å²) in [5.41, 5.74) is 2.43. The minimum absolute atomic E-state index is 0.226. The molecular weight excluding hydrogens is 440 g/mol. The van der Waals surface area contributed by atoms with E-state index in [1.54, 1.807) is 54.2 Å². The number of carbonyl (C=O) groups excluding carboxylic acids is 2. The summed E-state index contributed by atoms with van der Waals surface area (Å²) in [5, 5.41) is 15.2. The van der Waals surface area contributed by atoms with Crippen molar-refractivity contribution >= 4 is 45.7 Å². The number of benzene rings is 3. The molecule has 2 amide bonds. The summed E-state index contributed by atoms with van der Waals surface area (Å²) in [4.78, 5) is 26.4. The molecule has 0 fully saturated rings. The summed E-state index contributed by atoms with van der Waals surface area (Å²) in [7, 11) is 0. The Bertz CT molecular complexity index is 1230. The summed E-state index contributed by atoms with van der Waals surface area (Å²) in [6.45, 7) is 1.88. The molecule has 0 aliphatic heterocycles. The molecule has 0 unspecified atom stereocenters. The van der Waals surface area contributed by atoms with Gasteiger partial charge in [0.25, 0.3) is 11.8 Å². The van der Waals surface area contributed by atoms with E-state index in [9.17, 15) is 9.59 Å². The van der Waals surface area contributed by atoms with E-state index in [0.717, 1.165) is 15.5 Å². The summed E-state index contributed by atoms with van der Waals surface area (Å²) in [5.74, 6) is 0.146. The van der Waals surface area contributed by atoms with Crippen LogP contribution in [-0.2, 0) is 5.75 Å². The second-order valence-corrected chi connectivity index (χ2v) is 9.02. The molecule has 4 rings (SSSR count). The van der Waals surface area contributed by atoms with E-state index in [0.29, 0.717) is 27.7 Å². The Kier molecular flexibility index (Phi) is 6.94. The Hall–Kier alpha value is -3.49. The zero-order valence-electron chi connectivity index (χ0n) is 17.2. The summed E-state index contributed by atoms with van der Waals surface area (Å²) in [6, 6.07) is 24.2. The van der Waals surface area contributed by atoms with Crippen LogP contribution >= 0.6 is 23.1 Å². The van der Waals surface area contributed by atoms with Gasteiger partial charge in [-0.3, -0.25) is 14.9 Å². The van der Waals surface area contributed by atoms with E-state index in [-0.39, 0.29) is 11.8 Å². The molecule has 0 aliphatic carbocycles. The van der Waals surface area contributed by atoms with Crippen molar-refractivity contribution in [3.05, 3.63) is 101 Å². The van der Waals surface area contributed by atoms with E-state index in [2.05, 4.69) is 20.8 Å². The molecule has 2 N–H and O–H groups in total. The highest BCUT2D eigenvalue weighted by atomic mass is 32.2. The van der Waals surface area contributed by atoms with Crippen LogP contribution in [0.25, 0.3) is 0 Å². The number of nitrogens with zero attached hydrogens (tertiary/aromatic N) is 2. The van der Waals surface area contributed by atoms with Crippen molar-refractivity contribution in [3.8, 4) is 0 Å². The third kappa shape index (κ3) is 5.60. The van der Waals surface area contributed by atoms with E-state index < -0.39 is 0 Å². The lowest BCUT2D eigenvalue weighted by molar-refractivity contribution is 0.101. The minimum Gasteiger partial charge on any atom is -0.322 e. The molecule has 8 heteroatoms. The van der Waals surface area contributed by atoms with Crippen LogP contribution in [0.1, 0.15) is 31.3 Å². The number of aryl methyl sites for hydroxylation is 1. The fourth-order valence-corrected chi connectivity index (χ4v) is 4.52. The molecule has 32 heavy (non-hydrogen) atoms. The summed E-state index contributed by atoms with van der Waals surface area (Å²) >= 11 is 3.01. The van der Waals surface area contributed by atoms with Gasteiger partial charge in [-0.05, 0) is 48.9 Å². The average molecular weight is 461 g/mol. The Morgan fingerprint density at radius 1 is 0.844 bits per heavy atom. The highest BCUT2D eigenvalue weighted by Crippen LogP contribution is 2.26. The zero-order chi connectivity index (χ0) is 22.3. The maximum absolute atomic E-state index is 12.7. The van der Waals surface area contributed by atoms with Gasteiger partial charge in [0.05, 0.1) is 5.75 Å². The van der Waals surface area contributed by atoms with Crippen LogP contribution < -0.4 is 10.6 Å². The second kappa shape index (κ2) is 10.2. The minimum atomic E-state index is -0.307. The standard InChI is InChI=1S/C24H20N4O2S2/c1-16-12-13-18(14-20(16)25-22(29)17-8-4-2-5-9-17)23(30)26-24-28-27-21(32-24)15-31-19-10-6-3-7-11-19/h2-14H,15H2,1H3,(H,25,29)(H,26,28,30). The highest BCUT2D eigenvalue weighted by molar-refractivity contribution is 7.98. The normalized spacial score (nSPS) is 10.5. The topological polar surface area (TPSA) is 84.0 Å². The van der Waals surface area contributed by atoms with E-state index in [1.165, 1.54) is 11.3 Å². The van der Waals surface area contributed by atoms with Crippen LogP contribution in [0.2, 0.25) is 0 Å². The SMILES string of the molecule is Cc1ccc(C(=O)Nc2nnc(CSc3ccccc3)s2)cc1NC(=O)c1ccccc1. The quantitative estimate of drug-likeness (QED) is 0.349. The maximum Gasteiger partial charge on any atom is 0.257 e. The second-order valence-electron chi connectivity index (χ2n) is 6.91. The maximum atomic E-state index is 12.7.